The summed E-state index contributed by atoms with van der Waals surface area (Å²) >= 11 is 1.32. The second kappa shape index (κ2) is 5.43. The van der Waals surface area contributed by atoms with Crippen LogP contribution in [0.4, 0.5) is 14.5 Å². The quantitative estimate of drug-likeness (QED) is 0.841. The number of hydrogen-bond acceptors (Lipinski definition) is 5. The normalized spacial score (nSPS) is 11.8. The van der Waals surface area contributed by atoms with E-state index in [1.165, 1.54) is 11.3 Å². The Morgan fingerprint density at radius 2 is 2.10 bits per heavy atom. The molecule has 0 saturated carbocycles. The first-order valence-corrected chi connectivity index (χ1v) is 7.75. The molecular formula is C11H11F2N3O2S2. The van der Waals surface area contributed by atoms with Gasteiger partial charge in [-0.25, -0.2) is 26.9 Å². The molecule has 2 rings (SSSR count). The van der Waals surface area contributed by atoms with E-state index in [9.17, 15) is 17.2 Å². The van der Waals surface area contributed by atoms with Gasteiger partial charge in [0.15, 0.2) is 5.82 Å². The molecule has 0 aliphatic heterocycles. The van der Waals surface area contributed by atoms with E-state index in [1.807, 2.05) is 6.92 Å². The molecule has 0 unspecified atom stereocenters. The lowest BCUT2D eigenvalue weighted by molar-refractivity contribution is 0.548. The number of nitrogens with two attached hydrogens (primary N) is 1. The average molecular weight is 319 g/mol. The molecule has 1 aromatic carbocycles. The van der Waals surface area contributed by atoms with Gasteiger partial charge >= 0.3 is 0 Å². The van der Waals surface area contributed by atoms with Crippen LogP contribution in [0.2, 0.25) is 0 Å². The predicted octanol–water partition coefficient (Wildman–Crippen LogP) is 1.79. The second-order valence-corrected chi connectivity index (χ2v) is 7.02. The molecule has 1 aromatic heterocycles. The number of benzene rings is 1. The highest BCUT2D eigenvalue weighted by atomic mass is 32.2. The molecule has 0 atom stereocenters. The molecule has 20 heavy (non-hydrogen) atoms. The first-order chi connectivity index (χ1) is 9.31. The van der Waals surface area contributed by atoms with Crippen LogP contribution in [0.5, 0.6) is 0 Å². The van der Waals surface area contributed by atoms with Crippen LogP contribution in [-0.2, 0) is 16.6 Å². The summed E-state index contributed by atoms with van der Waals surface area (Å²) in [6.07, 6.45) is 1.60. The van der Waals surface area contributed by atoms with Gasteiger partial charge in [-0.15, -0.1) is 11.3 Å². The second-order valence-electron chi connectivity index (χ2n) is 3.96. The molecule has 108 valence electrons. The van der Waals surface area contributed by atoms with Crippen molar-refractivity contribution >= 4 is 27.0 Å². The number of sulfonamides is 1. The summed E-state index contributed by atoms with van der Waals surface area (Å²) in [6.45, 7) is 1.76. The standard InChI is InChI=1S/C11H11F2N3O2S2/c1-6-4-15-9(19-6)5-16-20(17,18)8-3-2-7(12)11(14)10(8)13/h2-4,16H,5,14H2,1H3. The molecule has 0 spiro atoms. The van der Waals surface area contributed by atoms with Gasteiger partial charge in [0.1, 0.15) is 21.4 Å². The first kappa shape index (κ1) is 14.8. The molecule has 0 fully saturated rings. The van der Waals surface area contributed by atoms with E-state index >= 15 is 0 Å². The Kier molecular flexibility index (Phi) is 4.02. The molecule has 2 aromatic rings. The van der Waals surface area contributed by atoms with Gasteiger partial charge < -0.3 is 5.73 Å². The maximum absolute atomic E-state index is 13.7. The smallest absolute Gasteiger partial charge is 0.243 e. The van der Waals surface area contributed by atoms with Gasteiger partial charge in [-0.1, -0.05) is 0 Å². The van der Waals surface area contributed by atoms with Gasteiger partial charge in [-0.05, 0) is 19.1 Å². The van der Waals surface area contributed by atoms with Crippen LogP contribution in [-0.4, -0.2) is 13.4 Å². The summed E-state index contributed by atoms with van der Waals surface area (Å²) in [4.78, 5) is 4.22. The molecule has 0 radical (unpaired) electrons. The van der Waals surface area contributed by atoms with Crippen LogP contribution in [0.15, 0.2) is 23.2 Å². The number of rotatable bonds is 4. The Balaban J connectivity index is 2.25. The molecule has 0 bridgehead atoms. The number of thiazole rings is 1. The van der Waals surface area contributed by atoms with Crippen LogP contribution < -0.4 is 10.5 Å². The van der Waals surface area contributed by atoms with Crippen molar-refractivity contribution in [1.29, 1.82) is 0 Å². The third-order valence-electron chi connectivity index (χ3n) is 2.46. The number of aromatic nitrogens is 1. The minimum absolute atomic E-state index is 0.0719. The molecular weight excluding hydrogens is 308 g/mol. The molecule has 0 aliphatic carbocycles. The maximum Gasteiger partial charge on any atom is 0.243 e. The van der Waals surface area contributed by atoms with Crippen LogP contribution in [0.1, 0.15) is 9.88 Å². The Morgan fingerprint density at radius 1 is 1.40 bits per heavy atom. The number of nitrogen functional groups attached to an aromatic ring is 1. The number of halogens is 2. The Hall–Kier alpha value is -1.58. The third-order valence-corrected chi connectivity index (χ3v) is 4.79. The zero-order valence-electron chi connectivity index (χ0n) is 10.4. The number of nitrogens with one attached hydrogen (secondary N) is 1. The largest absolute Gasteiger partial charge is 0.394 e. The van der Waals surface area contributed by atoms with Gasteiger partial charge in [-0.3, -0.25) is 0 Å². The van der Waals surface area contributed by atoms with Gasteiger partial charge in [0, 0.05) is 11.1 Å². The van der Waals surface area contributed by atoms with Crippen molar-refractivity contribution in [3.05, 3.63) is 39.8 Å². The lowest BCUT2D eigenvalue weighted by Crippen LogP contribution is -2.24. The summed E-state index contributed by atoms with van der Waals surface area (Å²) in [6, 6.07) is 1.64. The predicted molar refractivity (Wildman–Crippen MR) is 71.6 cm³/mol. The van der Waals surface area contributed by atoms with Gasteiger partial charge in [-0.2, -0.15) is 0 Å². The molecule has 1 heterocycles. The van der Waals surface area contributed by atoms with E-state index in [0.717, 1.165) is 17.0 Å². The van der Waals surface area contributed by atoms with Crippen LogP contribution in [0, 0.1) is 18.6 Å². The molecule has 3 N–H and O–H groups in total. The highest BCUT2D eigenvalue weighted by molar-refractivity contribution is 7.89. The lowest BCUT2D eigenvalue weighted by Gasteiger charge is -2.08. The van der Waals surface area contributed by atoms with E-state index in [2.05, 4.69) is 9.71 Å². The first-order valence-electron chi connectivity index (χ1n) is 5.45. The van der Waals surface area contributed by atoms with Gasteiger partial charge in [0.25, 0.3) is 0 Å². The summed E-state index contributed by atoms with van der Waals surface area (Å²) in [5.41, 5.74) is 4.32. The minimum atomic E-state index is -4.12. The van der Waals surface area contributed by atoms with Gasteiger partial charge in [0.2, 0.25) is 10.0 Å². The zero-order chi connectivity index (χ0) is 14.9. The van der Waals surface area contributed by atoms with E-state index in [0.29, 0.717) is 5.01 Å². The van der Waals surface area contributed by atoms with Crippen molar-refractivity contribution in [2.24, 2.45) is 0 Å². The number of hydrogen-bond donors (Lipinski definition) is 2. The van der Waals surface area contributed by atoms with E-state index in [1.54, 1.807) is 6.20 Å². The van der Waals surface area contributed by atoms with Crippen molar-refractivity contribution < 1.29 is 17.2 Å². The third kappa shape index (κ3) is 2.94. The highest BCUT2D eigenvalue weighted by Gasteiger charge is 2.22. The lowest BCUT2D eigenvalue weighted by atomic mass is 10.3. The van der Waals surface area contributed by atoms with Crippen LogP contribution in [0.3, 0.4) is 0 Å². The fourth-order valence-electron chi connectivity index (χ4n) is 1.47. The summed E-state index contributed by atoms with van der Waals surface area (Å²) in [5.74, 6) is -2.30. The minimum Gasteiger partial charge on any atom is -0.394 e. The fourth-order valence-corrected chi connectivity index (χ4v) is 3.37. The molecule has 9 heteroatoms. The molecule has 0 aliphatic rings. The Morgan fingerprint density at radius 3 is 2.70 bits per heavy atom. The maximum atomic E-state index is 13.7. The SMILES string of the molecule is Cc1cnc(CNS(=O)(=O)c2ccc(F)c(N)c2F)s1. The van der Waals surface area contributed by atoms with Crippen LogP contribution in [0.25, 0.3) is 0 Å². The molecule has 0 saturated heterocycles. The topological polar surface area (TPSA) is 85.1 Å². The van der Waals surface area contributed by atoms with Crippen molar-refractivity contribution in [3.8, 4) is 0 Å². The summed E-state index contributed by atoms with van der Waals surface area (Å²) in [7, 11) is -4.12. The summed E-state index contributed by atoms with van der Waals surface area (Å²) < 4.78 is 52.8. The Bertz CT molecular complexity index is 744. The zero-order valence-corrected chi connectivity index (χ0v) is 12.0. The van der Waals surface area contributed by atoms with Crippen molar-refractivity contribution in [1.82, 2.24) is 9.71 Å². The highest BCUT2D eigenvalue weighted by Crippen LogP contribution is 2.23. The number of anilines is 1. The van der Waals surface area contributed by atoms with Gasteiger partial charge in [0.05, 0.1) is 6.54 Å². The van der Waals surface area contributed by atoms with E-state index in [4.69, 9.17) is 5.73 Å². The fraction of sp³-hybridized carbons (Fsp3) is 0.182. The van der Waals surface area contributed by atoms with E-state index in [-0.39, 0.29) is 6.54 Å². The molecule has 0 amide bonds. The molecule has 5 nitrogen and oxygen atoms in total. The van der Waals surface area contributed by atoms with Crippen molar-refractivity contribution in [2.45, 2.75) is 18.4 Å². The summed E-state index contributed by atoms with van der Waals surface area (Å²) in [5, 5.41) is 0.543. The van der Waals surface area contributed by atoms with E-state index < -0.39 is 32.2 Å². The van der Waals surface area contributed by atoms with Crippen LogP contribution >= 0.6 is 11.3 Å². The monoisotopic (exact) mass is 319 g/mol. The number of aryl methyl sites for hydroxylation is 1. The Labute approximate surface area is 118 Å². The number of nitrogens with zero attached hydrogens (tertiary/aromatic N) is 1. The average Bonchev–Trinajstić information content (AvgIpc) is 2.79. The van der Waals surface area contributed by atoms with Crippen molar-refractivity contribution in [3.63, 3.8) is 0 Å². The van der Waals surface area contributed by atoms with Crippen molar-refractivity contribution in [2.75, 3.05) is 5.73 Å².